The summed E-state index contributed by atoms with van der Waals surface area (Å²) in [5.41, 5.74) is 1.95. The van der Waals surface area contributed by atoms with Crippen molar-refractivity contribution in [2.75, 3.05) is 37.6 Å². The fraction of sp³-hybridized carbons (Fsp3) is 0.545. The van der Waals surface area contributed by atoms with E-state index in [-0.39, 0.29) is 30.3 Å². The van der Waals surface area contributed by atoms with E-state index in [0.29, 0.717) is 31.9 Å². The molecule has 2 fully saturated rings. The number of nitrogens with one attached hydrogen (secondary N) is 1. The van der Waals surface area contributed by atoms with Gasteiger partial charge in [-0.1, -0.05) is 70.4 Å². The Morgan fingerprint density at radius 2 is 1.59 bits per heavy atom. The molecule has 4 rings (SSSR count). The minimum atomic E-state index is -0.934. The molecule has 1 aliphatic carbocycles. The number of rotatable bonds is 7. The minimum absolute atomic E-state index is 0.0198. The zero-order chi connectivity index (χ0) is 29.9. The predicted octanol–water partition coefficient (Wildman–Crippen LogP) is 5.48. The summed E-state index contributed by atoms with van der Waals surface area (Å²) < 4.78 is 14.4. The standard InChI is InChI=1S/C29H37FN4O3.C4H10/c1-21-9-6-7-14-26(21)28(29(37)31-24-11-4-3-5-12-24)34(25-13-8-10-23(30)19-25)27(36)20-32-15-17-33(18-16-32)22(2)35;1-4(2)3/h6-10,13-14,19,24,28H,3-5,11-12,15-18,20H2,1-2H3,(H,31,37);4H,1-3H3. The lowest BCUT2D eigenvalue weighted by molar-refractivity contribution is -0.131. The molecule has 1 saturated carbocycles. The van der Waals surface area contributed by atoms with Crippen LogP contribution >= 0.6 is 0 Å². The summed E-state index contributed by atoms with van der Waals surface area (Å²) in [6, 6.07) is 12.6. The Hall–Kier alpha value is -3.26. The second-order valence-electron chi connectivity index (χ2n) is 11.9. The van der Waals surface area contributed by atoms with E-state index in [0.717, 1.165) is 42.7 Å². The molecule has 0 bridgehead atoms. The van der Waals surface area contributed by atoms with Crippen molar-refractivity contribution in [1.29, 1.82) is 0 Å². The highest BCUT2D eigenvalue weighted by atomic mass is 19.1. The number of halogens is 1. The van der Waals surface area contributed by atoms with Crippen LogP contribution in [0.25, 0.3) is 0 Å². The summed E-state index contributed by atoms with van der Waals surface area (Å²) in [6.45, 7) is 12.3. The molecule has 7 nitrogen and oxygen atoms in total. The van der Waals surface area contributed by atoms with Crippen LogP contribution in [0.3, 0.4) is 0 Å². The molecular formula is C33H47FN4O3. The maximum atomic E-state index is 14.4. The Balaban J connectivity index is 0.00000108. The van der Waals surface area contributed by atoms with E-state index in [1.807, 2.05) is 36.1 Å². The van der Waals surface area contributed by atoms with E-state index in [9.17, 15) is 18.8 Å². The van der Waals surface area contributed by atoms with Gasteiger partial charge in [-0.3, -0.25) is 24.2 Å². The van der Waals surface area contributed by atoms with Crippen LogP contribution in [0.15, 0.2) is 48.5 Å². The lowest BCUT2D eigenvalue weighted by Crippen LogP contribution is -2.53. The first-order chi connectivity index (χ1) is 19.6. The molecule has 1 heterocycles. The summed E-state index contributed by atoms with van der Waals surface area (Å²) >= 11 is 0. The third-order valence-corrected chi connectivity index (χ3v) is 7.47. The quantitative estimate of drug-likeness (QED) is 0.482. The van der Waals surface area contributed by atoms with E-state index in [2.05, 4.69) is 26.1 Å². The highest BCUT2D eigenvalue weighted by molar-refractivity contribution is 6.02. The molecule has 2 aromatic carbocycles. The molecule has 0 spiro atoms. The van der Waals surface area contributed by atoms with E-state index >= 15 is 0 Å². The second kappa shape index (κ2) is 15.7. The lowest BCUT2D eigenvalue weighted by Gasteiger charge is -2.37. The predicted molar refractivity (Wildman–Crippen MR) is 162 cm³/mol. The molecule has 0 radical (unpaired) electrons. The van der Waals surface area contributed by atoms with Crippen molar-refractivity contribution in [3.8, 4) is 0 Å². The van der Waals surface area contributed by atoms with E-state index < -0.39 is 11.9 Å². The number of anilines is 1. The van der Waals surface area contributed by atoms with Gasteiger partial charge in [0.1, 0.15) is 11.9 Å². The molecule has 2 aromatic rings. The fourth-order valence-corrected chi connectivity index (χ4v) is 5.37. The van der Waals surface area contributed by atoms with Gasteiger partial charge in [0.15, 0.2) is 0 Å². The van der Waals surface area contributed by atoms with Crippen LogP contribution in [-0.2, 0) is 14.4 Å². The van der Waals surface area contributed by atoms with Gasteiger partial charge in [0.25, 0.3) is 0 Å². The number of nitrogens with zero attached hydrogens (tertiary/aromatic N) is 3. The van der Waals surface area contributed by atoms with E-state index in [4.69, 9.17) is 0 Å². The van der Waals surface area contributed by atoms with Crippen LogP contribution in [0.4, 0.5) is 10.1 Å². The summed E-state index contributed by atoms with van der Waals surface area (Å²) in [6.07, 6.45) is 5.14. The highest BCUT2D eigenvalue weighted by Gasteiger charge is 2.36. The molecule has 2 aliphatic rings. The largest absolute Gasteiger partial charge is 0.351 e. The van der Waals surface area contributed by atoms with Gasteiger partial charge in [0.2, 0.25) is 17.7 Å². The normalized spacial score (nSPS) is 16.9. The summed E-state index contributed by atoms with van der Waals surface area (Å²) in [5.74, 6) is -0.151. The average molecular weight is 567 g/mol. The topological polar surface area (TPSA) is 73.0 Å². The van der Waals surface area contributed by atoms with Crippen molar-refractivity contribution in [3.63, 3.8) is 0 Å². The molecule has 41 heavy (non-hydrogen) atoms. The number of hydrogen-bond acceptors (Lipinski definition) is 4. The first kappa shape index (κ1) is 32.3. The van der Waals surface area contributed by atoms with Crippen molar-refractivity contribution >= 4 is 23.4 Å². The Morgan fingerprint density at radius 3 is 2.17 bits per heavy atom. The summed E-state index contributed by atoms with van der Waals surface area (Å²) in [4.78, 5) is 44.8. The average Bonchev–Trinajstić information content (AvgIpc) is 2.92. The number of carbonyl (C=O) groups excluding carboxylic acids is 3. The number of amides is 3. The Kier molecular flexibility index (Phi) is 12.3. The van der Waals surface area contributed by atoms with Crippen molar-refractivity contribution in [1.82, 2.24) is 15.1 Å². The number of hydrogen-bond donors (Lipinski definition) is 1. The van der Waals surface area contributed by atoms with Gasteiger partial charge in [0, 0.05) is 44.8 Å². The summed E-state index contributed by atoms with van der Waals surface area (Å²) in [7, 11) is 0. The van der Waals surface area contributed by atoms with Crippen LogP contribution in [0.1, 0.15) is 77.0 Å². The van der Waals surface area contributed by atoms with Crippen molar-refractivity contribution in [3.05, 3.63) is 65.5 Å². The first-order valence-corrected chi connectivity index (χ1v) is 15.0. The Bertz CT molecular complexity index is 1150. The maximum Gasteiger partial charge on any atom is 0.248 e. The van der Waals surface area contributed by atoms with Crippen molar-refractivity contribution in [2.45, 2.75) is 78.8 Å². The number of carbonyl (C=O) groups is 3. The van der Waals surface area contributed by atoms with Crippen molar-refractivity contribution < 1.29 is 18.8 Å². The number of benzene rings is 2. The SMILES string of the molecule is CC(=O)N1CCN(CC(=O)N(c2cccc(F)c2)C(C(=O)NC2CCCCC2)c2ccccc2C)CC1.CC(C)C. The molecule has 1 aliphatic heterocycles. The van der Waals surface area contributed by atoms with Gasteiger partial charge in [-0.15, -0.1) is 0 Å². The molecule has 8 heteroatoms. The second-order valence-corrected chi connectivity index (χ2v) is 11.9. The Morgan fingerprint density at radius 1 is 0.951 bits per heavy atom. The van der Waals surface area contributed by atoms with E-state index in [1.165, 1.54) is 23.5 Å². The number of aryl methyl sites for hydroxylation is 1. The third-order valence-electron chi connectivity index (χ3n) is 7.47. The van der Waals surface area contributed by atoms with Crippen LogP contribution in [0, 0.1) is 18.7 Å². The van der Waals surface area contributed by atoms with Crippen LogP contribution < -0.4 is 10.2 Å². The van der Waals surface area contributed by atoms with Crippen LogP contribution in [0.2, 0.25) is 0 Å². The van der Waals surface area contributed by atoms with Crippen LogP contribution in [-0.4, -0.2) is 66.3 Å². The molecule has 3 amide bonds. The highest BCUT2D eigenvalue weighted by Crippen LogP contribution is 2.31. The number of piperazine rings is 1. The molecular weight excluding hydrogens is 519 g/mol. The maximum absolute atomic E-state index is 14.4. The molecule has 1 atom stereocenters. The minimum Gasteiger partial charge on any atom is -0.351 e. The molecule has 1 saturated heterocycles. The zero-order valence-electron chi connectivity index (χ0n) is 25.4. The first-order valence-electron chi connectivity index (χ1n) is 15.0. The van der Waals surface area contributed by atoms with Crippen molar-refractivity contribution in [2.24, 2.45) is 5.92 Å². The molecule has 0 aromatic heterocycles. The Labute approximate surface area is 245 Å². The van der Waals surface area contributed by atoms with E-state index in [1.54, 1.807) is 24.0 Å². The molecule has 1 N–H and O–H groups in total. The fourth-order valence-electron chi connectivity index (χ4n) is 5.37. The van der Waals surface area contributed by atoms with Gasteiger partial charge >= 0.3 is 0 Å². The smallest absolute Gasteiger partial charge is 0.248 e. The molecule has 224 valence electrons. The van der Waals surface area contributed by atoms with Gasteiger partial charge < -0.3 is 10.2 Å². The lowest BCUT2D eigenvalue weighted by atomic mass is 9.93. The zero-order valence-corrected chi connectivity index (χ0v) is 25.4. The summed E-state index contributed by atoms with van der Waals surface area (Å²) in [5, 5.41) is 3.20. The van der Waals surface area contributed by atoms with Crippen LogP contribution in [0.5, 0.6) is 0 Å². The van der Waals surface area contributed by atoms with Gasteiger partial charge in [-0.05, 0) is 55.0 Å². The van der Waals surface area contributed by atoms with Gasteiger partial charge in [-0.2, -0.15) is 0 Å². The monoisotopic (exact) mass is 566 g/mol. The molecule has 1 unspecified atom stereocenters. The third kappa shape index (κ3) is 9.66. The van der Waals surface area contributed by atoms with Gasteiger partial charge in [0.05, 0.1) is 6.54 Å². The van der Waals surface area contributed by atoms with Gasteiger partial charge in [-0.25, -0.2) is 4.39 Å².